The number of hydrogen-bond acceptors (Lipinski definition) is 2. The molecule has 0 saturated heterocycles. The summed E-state index contributed by atoms with van der Waals surface area (Å²) < 4.78 is 0. The Labute approximate surface area is 70.3 Å². The molecular formula is C9H10O3. The Morgan fingerprint density at radius 3 is 2.17 bits per heavy atom. The van der Waals surface area contributed by atoms with Crippen molar-refractivity contribution >= 4 is 5.97 Å². The van der Waals surface area contributed by atoms with Crippen molar-refractivity contribution < 1.29 is 15.0 Å². The van der Waals surface area contributed by atoms with Gasteiger partial charge in [-0.2, -0.15) is 0 Å². The van der Waals surface area contributed by atoms with Crippen molar-refractivity contribution in [3.8, 4) is 0 Å². The standard InChI is InChI=1S/C9H10O3/c1-6(10)7-2-4-8(5-3-7)9(11)12/h2-5,8,10H,1H3,(H,11,12). The molecule has 0 radical (unpaired) electrons. The highest BCUT2D eigenvalue weighted by Crippen LogP contribution is 2.15. The van der Waals surface area contributed by atoms with Crippen molar-refractivity contribution in [2.45, 2.75) is 6.92 Å². The van der Waals surface area contributed by atoms with Gasteiger partial charge in [0, 0.05) is 5.57 Å². The molecule has 0 saturated carbocycles. The predicted octanol–water partition coefficient (Wildman–Crippen LogP) is 1.65. The molecule has 0 spiro atoms. The lowest BCUT2D eigenvalue weighted by atomic mass is 10.00. The van der Waals surface area contributed by atoms with Gasteiger partial charge in [0.1, 0.15) is 0 Å². The number of rotatable bonds is 1. The first-order chi connectivity index (χ1) is 5.61. The monoisotopic (exact) mass is 166 g/mol. The molecule has 1 aliphatic carbocycles. The summed E-state index contributed by atoms with van der Waals surface area (Å²) >= 11 is 0. The summed E-state index contributed by atoms with van der Waals surface area (Å²) in [5.41, 5.74) is 0.660. The van der Waals surface area contributed by atoms with E-state index in [9.17, 15) is 4.79 Å². The minimum atomic E-state index is -0.878. The molecule has 12 heavy (non-hydrogen) atoms. The van der Waals surface area contributed by atoms with E-state index in [1.54, 1.807) is 19.1 Å². The van der Waals surface area contributed by atoms with Crippen LogP contribution in [0.2, 0.25) is 0 Å². The number of aliphatic hydroxyl groups is 1. The van der Waals surface area contributed by atoms with Crippen LogP contribution in [0.15, 0.2) is 35.6 Å². The second-order valence-corrected chi connectivity index (χ2v) is 2.62. The molecule has 3 nitrogen and oxygen atoms in total. The summed E-state index contributed by atoms with van der Waals surface area (Å²) in [6.45, 7) is 1.56. The maximum absolute atomic E-state index is 10.4. The van der Waals surface area contributed by atoms with Crippen LogP contribution in [0.25, 0.3) is 0 Å². The molecule has 0 aliphatic heterocycles. The first-order valence-corrected chi connectivity index (χ1v) is 3.60. The number of aliphatic carboxylic acids is 1. The predicted molar refractivity (Wildman–Crippen MR) is 44.7 cm³/mol. The Morgan fingerprint density at radius 2 is 1.83 bits per heavy atom. The summed E-state index contributed by atoms with van der Waals surface area (Å²) in [6.07, 6.45) is 6.29. The topological polar surface area (TPSA) is 57.5 Å². The minimum Gasteiger partial charge on any atom is -0.512 e. The quantitative estimate of drug-likeness (QED) is 0.582. The fourth-order valence-corrected chi connectivity index (χ4v) is 0.940. The van der Waals surface area contributed by atoms with Crippen molar-refractivity contribution in [2.75, 3.05) is 0 Å². The SMILES string of the molecule is CC(O)=C1C=CC(C(=O)O)C=C1. The second kappa shape index (κ2) is 3.26. The van der Waals surface area contributed by atoms with E-state index < -0.39 is 11.9 Å². The van der Waals surface area contributed by atoms with Crippen LogP contribution >= 0.6 is 0 Å². The fraction of sp³-hybridized carbons (Fsp3) is 0.222. The van der Waals surface area contributed by atoms with Crippen molar-refractivity contribution in [3.63, 3.8) is 0 Å². The van der Waals surface area contributed by atoms with E-state index in [0.717, 1.165) is 0 Å². The third kappa shape index (κ3) is 1.75. The van der Waals surface area contributed by atoms with Gasteiger partial charge in [-0.25, -0.2) is 0 Å². The molecule has 2 N–H and O–H groups in total. The van der Waals surface area contributed by atoms with Crippen molar-refractivity contribution in [1.82, 2.24) is 0 Å². The molecule has 0 fully saturated rings. The zero-order valence-corrected chi connectivity index (χ0v) is 6.69. The van der Waals surface area contributed by atoms with Gasteiger partial charge in [0.15, 0.2) is 0 Å². The van der Waals surface area contributed by atoms with Gasteiger partial charge in [-0.05, 0) is 6.92 Å². The lowest BCUT2D eigenvalue weighted by molar-refractivity contribution is -0.138. The van der Waals surface area contributed by atoms with Crippen LogP contribution in [0, 0.1) is 5.92 Å². The highest BCUT2D eigenvalue weighted by atomic mass is 16.4. The van der Waals surface area contributed by atoms with Crippen LogP contribution in [0.1, 0.15) is 6.92 Å². The largest absolute Gasteiger partial charge is 0.512 e. The molecule has 0 amide bonds. The lowest BCUT2D eigenvalue weighted by Gasteiger charge is -2.07. The van der Waals surface area contributed by atoms with Gasteiger partial charge in [-0.15, -0.1) is 0 Å². The third-order valence-corrected chi connectivity index (χ3v) is 1.67. The van der Waals surface area contributed by atoms with Crippen molar-refractivity contribution in [3.05, 3.63) is 35.6 Å². The average molecular weight is 166 g/mol. The molecule has 0 aromatic carbocycles. The van der Waals surface area contributed by atoms with E-state index in [-0.39, 0.29) is 5.76 Å². The number of allylic oxidation sites excluding steroid dienone is 4. The molecule has 0 heterocycles. The molecule has 1 aliphatic rings. The molecule has 0 bridgehead atoms. The molecule has 0 unspecified atom stereocenters. The van der Waals surface area contributed by atoms with E-state index in [1.165, 1.54) is 12.2 Å². The molecule has 3 heteroatoms. The van der Waals surface area contributed by atoms with Gasteiger partial charge < -0.3 is 10.2 Å². The smallest absolute Gasteiger partial charge is 0.314 e. The highest BCUT2D eigenvalue weighted by molar-refractivity contribution is 5.75. The average Bonchev–Trinajstić information content (AvgIpc) is 2.04. The zero-order chi connectivity index (χ0) is 9.14. The number of carboxylic acid groups (broad SMARTS) is 1. The summed E-state index contributed by atoms with van der Waals surface area (Å²) in [4.78, 5) is 10.4. The molecule has 0 aromatic heterocycles. The number of carbonyl (C=O) groups is 1. The number of hydrogen-bond donors (Lipinski definition) is 2. The van der Waals surface area contributed by atoms with Gasteiger partial charge in [0.2, 0.25) is 0 Å². The Hall–Kier alpha value is -1.51. The summed E-state index contributed by atoms with van der Waals surface area (Å²) in [6, 6.07) is 0. The first kappa shape index (κ1) is 8.59. The second-order valence-electron chi connectivity index (χ2n) is 2.62. The van der Waals surface area contributed by atoms with Gasteiger partial charge >= 0.3 is 5.97 Å². The molecular weight excluding hydrogens is 156 g/mol. The minimum absolute atomic E-state index is 0.200. The van der Waals surface area contributed by atoms with E-state index in [0.29, 0.717) is 5.57 Å². The van der Waals surface area contributed by atoms with Gasteiger partial charge in [-0.3, -0.25) is 4.79 Å². The van der Waals surface area contributed by atoms with E-state index >= 15 is 0 Å². The van der Waals surface area contributed by atoms with Crippen LogP contribution in [0.3, 0.4) is 0 Å². The Balaban J connectivity index is 2.80. The Kier molecular flexibility index (Phi) is 2.33. The van der Waals surface area contributed by atoms with Crippen LogP contribution < -0.4 is 0 Å². The number of carboxylic acids is 1. The normalized spacial score (nSPS) is 21.1. The van der Waals surface area contributed by atoms with Crippen LogP contribution in [0.4, 0.5) is 0 Å². The summed E-state index contributed by atoms with van der Waals surface area (Å²) in [5.74, 6) is -1.24. The molecule has 0 atom stereocenters. The first-order valence-electron chi connectivity index (χ1n) is 3.60. The van der Waals surface area contributed by atoms with Gasteiger partial charge in [-0.1, -0.05) is 24.3 Å². The Morgan fingerprint density at radius 1 is 1.33 bits per heavy atom. The van der Waals surface area contributed by atoms with Crippen LogP contribution in [0.5, 0.6) is 0 Å². The maximum atomic E-state index is 10.4. The molecule has 1 rings (SSSR count). The van der Waals surface area contributed by atoms with Crippen LogP contribution in [-0.2, 0) is 4.79 Å². The molecule has 64 valence electrons. The van der Waals surface area contributed by atoms with Crippen LogP contribution in [-0.4, -0.2) is 16.2 Å². The summed E-state index contributed by atoms with van der Waals surface area (Å²) in [7, 11) is 0. The lowest BCUT2D eigenvalue weighted by Crippen LogP contribution is -2.09. The van der Waals surface area contributed by atoms with E-state index in [1.807, 2.05) is 0 Å². The zero-order valence-electron chi connectivity index (χ0n) is 6.69. The fourth-order valence-electron chi connectivity index (χ4n) is 0.940. The highest BCUT2D eigenvalue weighted by Gasteiger charge is 2.12. The number of aliphatic hydroxyl groups excluding tert-OH is 1. The van der Waals surface area contributed by atoms with Crippen molar-refractivity contribution in [1.29, 1.82) is 0 Å². The van der Waals surface area contributed by atoms with E-state index in [4.69, 9.17) is 10.2 Å². The van der Waals surface area contributed by atoms with Crippen molar-refractivity contribution in [2.24, 2.45) is 5.92 Å². The summed E-state index contributed by atoms with van der Waals surface area (Å²) in [5, 5.41) is 17.6. The van der Waals surface area contributed by atoms with Gasteiger partial charge in [0.25, 0.3) is 0 Å². The molecule has 0 aromatic rings. The third-order valence-electron chi connectivity index (χ3n) is 1.67. The maximum Gasteiger partial charge on any atom is 0.314 e. The van der Waals surface area contributed by atoms with E-state index in [2.05, 4.69) is 0 Å². The van der Waals surface area contributed by atoms with Gasteiger partial charge in [0.05, 0.1) is 11.7 Å². The Bertz CT molecular complexity index is 264.